The van der Waals surface area contributed by atoms with E-state index < -0.39 is 6.10 Å². The van der Waals surface area contributed by atoms with Gasteiger partial charge in [-0.05, 0) is 26.0 Å². The van der Waals surface area contributed by atoms with Crippen molar-refractivity contribution in [3.63, 3.8) is 0 Å². The smallest absolute Gasteiger partial charge is 0.268 e. The normalized spacial score (nSPS) is 18.6. The lowest BCUT2D eigenvalue weighted by Crippen LogP contribution is -2.45. The average Bonchev–Trinajstić information content (AvgIpc) is 2.24. The number of hydrogen-bond donors (Lipinski definition) is 1. The molecule has 2 rings (SSSR count). The molecule has 1 atom stereocenters. The van der Waals surface area contributed by atoms with Gasteiger partial charge < -0.3 is 10.5 Å². The molecule has 1 aliphatic heterocycles. The van der Waals surface area contributed by atoms with E-state index in [-0.39, 0.29) is 5.91 Å². The van der Waals surface area contributed by atoms with Crippen molar-refractivity contribution in [2.24, 2.45) is 0 Å². The van der Waals surface area contributed by atoms with Gasteiger partial charge >= 0.3 is 0 Å². The monoisotopic (exact) mass is 232 g/mol. The lowest BCUT2D eigenvalue weighted by atomic mass is 10.1. The summed E-state index contributed by atoms with van der Waals surface area (Å²) in [6, 6.07) is 5.40. The number of nitrogens with zero attached hydrogens (tertiary/aromatic N) is 1. The molecule has 1 heterocycles. The number of carbonyl (C=O) groups excluding carboxylic acids is 1. The van der Waals surface area contributed by atoms with Gasteiger partial charge in [-0.3, -0.25) is 9.69 Å². The number of nitrogens with two attached hydrogens (primary N) is 1. The fraction of sp³-hybridized carbons (Fsp3) is 0.308. The molecule has 0 saturated carbocycles. The second kappa shape index (κ2) is 4.13. The molecule has 1 aliphatic rings. The van der Waals surface area contributed by atoms with Crippen LogP contribution in [0.1, 0.15) is 13.8 Å². The Labute approximate surface area is 101 Å². The van der Waals surface area contributed by atoms with Crippen molar-refractivity contribution in [1.82, 2.24) is 0 Å². The first-order valence-corrected chi connectivity index (χ1v) is 5.51. The number of hydrogen-bond acceptors (Lipinski definition) is 3. The molecular formula is C13H16N2O2. The van der Waals surface area contributed by atoms with Gasteiger partial charge in [0.25, 0.3) is 5.91 Å². The Morgan fingerprint density at radius 2 is 2.29 bits per heavy atom. The Morgan fingerprint density at radius 3 is 2.94 bits per heavy atom. The molecule has 17 heavy (non-hydrogen) atoms. The second-order valence-electron chi connectivity index (χ2n) is 4.34. The number of rotatable bonds is 2. The number of fused-ring (bicyclic) bond motifs is 1. The summed E-state index contributed by atoms with van der Waals surface area (Å²) in [5.41, 5.74) is 8.01. The zero-order chi connectivity index (χ0) is 12.6. The molecule has 4 nitrogen and oxygen atoms in total. The van der Waals surface area contributed by atoms with Crippen LogP contribution in [-0.2, 0) is 4.79 Å². The summed E-state index contributed by atoms with van der Waals surface area (Å²) in [5, 5.41) is 0. The molecule has 0 bridgehead atoms. The van der Waals surface area contributed by atoms with Crippen molar-refractivity contribution in [1.29, 1.82) is 0 Å². The second-order valence-corrected chi connectivity index (χ2v) is 4.34. The highest BCUT2D eigenvalue weighted by atomic mass is 16.5. The molecule has 0 aliphatic carbocycles. The number of ether oxygens (including phenoxy) is 1. The molecule has 0 radical (unpaired) electrons. The first-order valence-electron chi connectivity index (χ1n) is 5.51. The Morgan fingerprint density at radius 1 is 1.59 bits per heavy atom. The standard InChI is InChI=1S/C13H16N2O2/c1-8(2)7-15-12-10(14)5-4-6-11(12)17-9(3)13(15)16/h4-6,9H,1,7,14H2,2-3H3. The van der Waals surface area contributed by atoms with Crippen molar-refractivity contribution in [2.75, 3.05) is 17.2 Å². The maximum absolute atomic E-state index is 12.1. The van der Waals surface area contributed by atoms with Gasteiger partial charge in [0.15, 0.2) is 6.10 Å². The molecule has 0 fully saturated rings. The van der Waals surface area contributed by atoms with Gasteiger partial charge in [-0.15, -0.1) is 0 Å². The van der Waals surface area contributed by atoms with E-state index in [9.17, 15) is 4.79 Å². The predicted molar refractivity (Wildman–Crippen MR) is 68.1 cm³/mol. The minimum Gasteiger partial charge on any atom is -0.479 e. The molecule has 1 aromatic carbocycles. The van der Waals surface area contributed by atoms with Crippen LogP contribution in [0.3, 0.4) is 0 Å². The lowest BCUT2D eigenvalue weighted by molar-refractivity contribution is -0.125. The van der Waals surface area contributed by atoms with Crippen LogP contribution >= 0.6 is 0 Å². The van der Waals surface area contributed by atoms with Crippen LogP contribution in [-0.4, -0.2) is 18.6 Å². The van der Waals surface area contributed by atoms with Crippen LogP contribution in [0.5, 0.6) is 5.75 Å². The van der Waals surface area contributed by atoms with Gasteiger partial charge in [-0.25, -0.2) is 0 Å². The minimum absolute atomic E-state index is 0.0848. The Balaban J connectivity index is 2.50. The number of carbonyl (C=O) groups is 1. The van der Waals surface area contributed by atoms with E-state index in [2.05, 4.69) is 6.58 Å². The molecular weight excluding hydrogens is 216 g/mol. The Bertz CT molecular complexity index is 482. The van der Waals surface area contributed by atoms with Crippen LogP contribution in [0.15, 0.2) is 30.4 Å². The van der Waals surface area contributed by atoms with Gasteiger partial charge in [0.05, 0.1) is 5.69 Å². The highest BCUT2D eigenvalue weighted by Gasteiger charge is 2.32. The van der Waals surface area contributed by atoms with Gasteiger partial charge in [-0.1, -0.05) is 18.2 Å². The van der Waals surface area contributed by atoms with Gasteiger partial charge in [-0.2, -0.15) is 0 Å². The van der Waals surface area contributed by atoms with Crippen molar-refractivity contribution in [2.45, 2.75) is 20.0 Å². The molecule has 1 aromatic rings. The van der Waals surface area contributed by atoms with Crippen LogP contribution in [0.4, 0.5) is 11.4 Å². The van der Waals surface area contributed by atoms with Crippen LogP contribution in [0.25, 0.3) is 0 Å². The van der Waals surface area contributed by atoms with Crippen LogP contribution < -0.4 is 15.4 Å². The third-order valence-corrected chi connectivity index (χ3v) is 2.65. The zero-order valence-corrected chi connectivity index (χ0v) is 10.1. The molecule has 0 spiro atoms. The van der Waals surface area contributed by atoms with E-state index in [0.717, 1.165) is 5.57 Å². The van der Waals surface area contributed by atoms with E-state index in [4.69, 9.17) is 10.5 Å². The largest absolute Gasteiger partial charge is 0.479 e. The summed E-state index contributed by atoms with van der Waals surface area (Å²) in [7, 11) is 0. The van der Waals surface area contributed by atoms with Crippen LogP contribution in [0, 0.1) is 0 Å². The number of anilines is 2. The van der Waals surface area contributed by atoms with Gasteiger partial charge in [0.2, 0.25) is 0 Å². The number of para-hydroxylation sites is 1. The summed E-state index contributed by atoms with van der Waals surface area (Å²) in [5.74, 6) is 0.566. The predicted octanol–water partition coefficient (Wildman–Crippen LogP) is 1.96. The highest BCUT2D eigenvalue weighted by molar-refractivity contribution is 6.03. The summed E-state index contributed by atoms with van der Waals surface area (Å²) < 4.78 is 5.54. The maximum Gasteiger partial charge on any atom is 0.268 e. The zero-order valence-electron chi connectivity index (χ0n) is 10.1. The summed E-state index contributed by atoms with van der Waals surface area (Å²) >= 11 is 0. The molecule has 1 amide bonds. The number of amides is 1. The fourth-order valence-corrected chi connectivity index (χ4v) is 1.92. The van der Waals surface area contributed by atoms with Crippen molar-refractivity contribution < 1.29 is 9.53 Å². The Hall–Kier alpha value is -1.97. The SMILES string of the molecule is C=C(C)CN1C(=O)C(C)Oc2cccc(N)c21. The molecule has 90 valence electrons. The first-order chi connectivity index (χ1) is 8.00. The van der Waals surface area contributed by atoms with Crippen molar-refractivity contribution >= 4 is 17.3 Å². The fourth-order valence-electron chi connectivity index (χ4n) is 1.92. The minimum atomic E-state index is -0.483. The summed E-state index contributed by atoms with van der Waals surface area (Å²) in [6.07, 6.45) is -0.483. The number of benzene rings is 1. The maximum atomic E-state index is 12.1. The van der Waals surface area contributed by atoms with E-state index >= 15 is 0 Å². The summed E-state index contributed by atoms with van der Waals surface area (Å²) in [4.78, 5) is 13.7. The average molecular weight is 232 g/mol. The van der Waals surface area contributed by atoms with Crippen LogP contribution in [0.2, 0.25) is 0 Å². The lowest BCUT2D eigenvalue weighted by Gasteiger charge is -2.33. The van der Waals surface area contributed by atoms with Gasteiger partial charge in [0, 0.05) is 6.54 Å². The third kappa shape index (κ3) is 1.98. The van der Waals surface area contributed by atoms with Crippen molar-refractivity contribution in [3.05, 3.63) is 30.4 Å². The molecule has 4 heteroatoms. The third-order valence-electron chi connectivity index (χ3n) is 2.65. The highest BCUT2D eigenvalue weighted by Crippen LogP contribution is 2.38. The molecule has 0 aromatic heterocycles. The summed E-state index contributed by atoms with van der Waals surface area (Å²) in [6.45, 7) is 7.92. The van der Waals surface area contributed by atoms with E-state index in [0.29, 0.717) is 23.7 Å². The number of nitrogen functional groups attached to an aromatic ring is 1. The van der Waals surface area contributed by atoms with E-state index in [1.807, 2.05) is 19.1 Å². The topological polar surface area (TPSA) is 55.6 Å². The van der Waals surface area contributed by atoms with E-state index in [1.54, 1.807) is 17.9 Å². The quantitative estimate of drug-likeness (QED) is 0.626. The van der Waals surface area contributed by atoms with Gasteiger partial charge in [0.1, 0.15) is 11.4 Å². The molecule has 1 unspecified atom stereocenters. The Kier molecular flexibility index (Phi) is 2.79. The molecule has 0 saturated heterocycles. The molecule has 2 N–H and O–H groups in total. The van der Waals surface area contributed by atoms with Crippen molar-refractivity contribution in [3.8, 4) is 5.75 Å². The van der Waals surface area contributed by atoms with E-state index in [1.165, 1.54) is 0 Å². The first kappa shape index (κ1) is 11.5.